The van der Waals surface area contributed by atoms with Gasteiger partial charge in [0.2, 0.25) is 0 Å². The summed E-state index contributed by atoms with van der Waals surface area (Å²) in [6, 6.07) is 6.12. The molecule has 0 saturated heterocycles. The van der Waals surface area contributed by atoms with Crippen LogP contribution in [-0.4, -0.2) is 9.97 Å². The van der Waals surface area contributed by atoms with Crippen LogP contribution in [0.25, 0.3) is 0 Å². The van der Waals surface area contributed by atoms with Crippen molar-refractivity contribution in [2.24, 2.45) is 5.73 Å². The van der Waals surface area contributed by atoms with Crippen molar-refractivity contribution in [3.63, 3.8) is 0 Å². The number of hydrogen-bond donors (Lipinski definition) is 2. The van der Waals surface area contributed by atoms with Gasteiger partial charge in [-0.1, -0.05) is 19.1 Å². The monoisotopic (exact) mass is 355 g/mol. The number of nitrogens with two attached hydrogens (primary N) is 1. The predicted molar refractivity (Wildman–Crippen MR) is 88.8 cm³/mol. The predicted octanol–water partition coefficient (Wildman–Crippen LogP) is 4.10. The van der Waals surface area contributed by atoms with Crippen molar-refractivity contribution in [2.75, 3.05) is 5.32 Å². The molecule has 0 bridgehead atoms. The van der Waals surface area contributed by atoms with Crippen LogP contribution in [0.5, 0.6) is 0 Å². The number of hydrogen-bond acceptors (Lipinski definition) is 4. The molecule has 2 rings (SSSR count). The third kappa shape index (κ3) is 3.52. The molecular formula is C13H14BrN3S2. The number of nitrogens with one attached hydrogen (secondary N) is 1. The van der Waals surface area contributed by atoms with Crippen LogP contribution in [-0.2, 0) is 0 Å². The Bertz CT molecular complexity index is 569. The van der Waals surface area contributed by atoms with Crippen molar-refractivity contribution in [2.45, 2.75) is 19.4 Å². The first-order valence-corrected chi connectivity index (χ1v) is 7.95. The van der Waals surface area contributed by atoms with Gasteiger partial charge in [0.15, 0.2) is 0 Å². The number of rotatable bonds is 5. The number of anilines is 1. The first-order chi connectivity index (χ1) is 9.11. The molecule has 3 N–H and O–H groups in total. The fourth-order valence-electron chi connectivity index (χ4n) is 1.75. The summed E-state index contributed by atoms with van der Waals surface area (Å²) < 4.78 is 0.902. The van der Waals surface area contributed by atoms with E-state index >= 15 is 0 Å². The van der Waals surface area contributed by atoms with Crippen LogP contribution < -0.4 is 11.1 Å². The molecule has 2 aromatic rings. The molecule has 0 spiro atoms. The minimum Gasteiger partial charge on any atom is -0.389 e. The number of halogens is 1. The molecule has 19 heavy (non-hydrogen) atoms. The van der Waals surface area contributed by atoms with E-state index in [-0.39, 0.29) is 6.04 Å². The summed E-state index contributed by atoms with van der Waals surface area (Å²) in [5.74, 6) is 0. The van der Waals surface area contributed by atoms with Crippen LogP contribution in [0.1, 0.15) is 30.0 Å². The Morgan fingerprint density at radius 3 is 2.89 bits per heavy atom. The lowest BCUT2D eigenvalue weighted by molar-refractivity contribution is 0.742. The molecule has 0 radical (unpaired) electrons. The lowest BCUT2D eigenvalue weighted by Crippen LogP contribution is -2.12. The van der Waals surface area contributed by atoms with Crippen LogP contribution in [0.4, 0.5) is 5.69 Å². The third-order valence-corrected chi connectivity index (χ3v) is 4.50. The van der Waals surface area contributed by atoms with Gasteiger partial charge in [0.1, 0.15) is 10.00 Å². The van der Waals surface area contributed by atoms with Crippen molar-refractivity contribution in [1.82, 2.24) is 4.98 Å². The van der Waals surface area contributed by atoms with E-state index in [0.29, 0.717) is 4.99 Å². The lowest BCUT2D eigenvalue weighted by Gasteiger charge is -2.16. The second-order valence-electron chi connectivity index (χ2n) is 4.03. The Hall–Kier alpha value is -0.980. The zero-order valence-corrected chi connectivity index (χ0v) is 13.6. The van der Waals surface area contributed by atoms with Gasteiger partial charge < -0.3 is 11.1 Å². The zero-order chi connectivity index (χ0) is 13.8. The van der Waals surface area contributed by atoms with Gasteiger partial charge in [0.05, 0.1) is 6.04 Å². The van der Waals surface area contributed by atoms with Gasteiger partial charge >= 0.3 is 0 Å². The van der Waals surface area contributed by atoms with E-state index in [9.17, 15) is 0 Å². The van der Waals surface area contributed by atoms with Crippen molar-refractivity contribution >= 4 is 50.2 Å². The van der Waals surface area contributed by atoms with Gasteiger partial charge in [0.25, 0.3) is 0 Å². The molecule has 3 nitrogen and oxygen atoms in total. The summed E-state index contributed by atoms with van der Waals surface area (Å²) in [5, 5.41) is 6.56. The summed E-state index contributed by atoms with van der Waals surface area (Å²) in [6.07, 6.45) is 2.80. The molecule has 1 unspecified atom stereocenters. The Balaban J connectivity index is 2.19. The highest BCUT2D eigenvalue weighted by atomic mass is 79.9. The maximum atomic E-state index is 5.64. The molecule has 0 amide bonds. The molecule has 0 fully saturated rings. The molecule has 0 aliphatic heterocycles. The molecular weight excluding hydrogens is 342 g/mol. The number of nitrogens with zero attached hydrogens (tertiary/aromatic N) is 1. The topological polar surface area (TPSA) is 50.9 Å². The van der Waals surface area contributed by atoms with Gasteiger partial charge in [-0.15, -0.1) is 11.3 Å². The van der Waals surface area contributed by atoms with Crippen LogP contribution in [0.3, 0.4) is 0 Å². The van der Waals surface area contributed by atoms with Crippen LogP contribution in [0.2, 0.25) is 0 Å². The van der Waals surface area contributed by atoms with Crippen LogP contribution in [0, 0.1) is 0 Å². The van der Waals surface area contributed by atoms with Crippen LogP contribution >= 0.6 is 39.5 Å². The fraction of sp³-hybridized carbons (Fsp3) is 0.231. The van der Waals surface area contributed by atoms with E-state index in [0.717, 1.165) is 27.2 Å². The van der Waals surface area contributed by atoms with E-state index in [2.05, 4.69) is 33.2 Å². The Morgan fingerprint density at radius 2 is 2.37 bits per heavy atom. The largest absolute Gasteiger partial charge is 0.389 e. The number of thiocarbonyl (C=S) groups is 1. The second kappa shape index (κ2) is 6.45. The first-order valence-electron chi connectivity index (χ1n) is 5.87. The molecule has 1 heterocycles. The van der Waals surface area contributed by atoms with Crippen molar-refractivity contribution in [1.29, 1.82) is 0 Å². The molecule has 100 valence electrons. The molecule has 1 aromatic carbocycles. The van der Waals surface area contributed by atoms with E-state index < -0.39 is 0 Å². The SMILES string of the molecule is CCC(Nc1ccc(C(N)=S)c(Br)c1)c1nccs1. The highest BCUT2D eigenvalue weighted by Gasteiger charge is 2.12. The van der Waals surface area contributed by atoms with Gasteiger partial charge in [0, 0.05) is 27.3 Å². The van der Waals surface area contributed by atoms with Crippen molar-refractivity contribution in [3.05, 3.63) is 44.8 Å². The number of thiazole rings is 1. The molecule has 6 heteroatoms. The summed E-state index contributed by atoms with van der Waals surface area (Å²) in [7, 11) is 0. The Labute approximate surface area is 130 Å². The lowest BCUT2D eigenvalue weighted by atomic mass is 10.1. The summed E-state index contributed by atoms with van der Waals surface area (Å²) in [6.45, 7) is 2.14. The standard InChI is InChI=1S/C13H14BrN3S2/c1-2-11(13-16-5-6-19-13)17-8-3-4-9(12(15)18)10(14)7-8/h3-7,11,17H,2H2,1H3,(H2,15,18). The molecule has 1 aromatic heterocycles. The minimum absolute atomic E-state index is 0.225. The van der Waals surface area contributed by atoms with E-state index in [4.69, 9.17) is 18.0 Å². The molecule has 0 aliphatic rings. The van der Waals surface area contributed by atoms with Gasteiger partial charge in [-0.2, -0.15) is 0 Å². The highest BCUT2D eigenvalue weighted by molar-refractivity contribution is 9.10. The number of benzene rings is 1. The second-order valence-corrected chi connectivity index (χ2v) is 6.25. The van der Waals surface area contributed by atoms with E-state index in [1.165, 1.54) is 0 Å². The van der Waals surface area contributed by atoms with Crippen molar-refractivity contribution < 1.29 is 0 Å². The van der Waals surface area contributed by atoms with Crippen LogP contribution in [0.15, 0.2) is 34.2 Å². The quantitative estimate of drug-likeness (QED) is 0.792. The summed E-state index contributed by atoms with van der Waals surface area (Å²) in [4.78, 5) is 4.75. The van der Waals surface area contributed by atoms with Gasteiger partial charge in [-0.25, -0.2) is 4.98 Å². The van der Waals surface area contributed by atoms with Crippen molar-refractivity contribution in [3.8, 4) is 0 Å². The van der Waals surface area contributed by atoms with E-state index in [1.807, 2.05) is 29.8 Å². The highest BCUT2D eigenvalue weighted by Crippen LogP contribution is 2.27. The molecule has 0 aliphatic carbocycles. The normalized spacial score (nSPS) is 12.1. The average molecular weight is 356 g/mol. The Morgan fingerprint density at radius 1 is 1.58 bits per heavy atom. The maximum Gasteiger partial charge on any atom is 0.115 e. The smallest absolute Gasteiger partial charge is 0.115 e. The fourth-order valence-corrected chi connectivity index (χ4v) is 3.43. The maximum absolute atomic E-state index is 5.64. The Kier molecular flexibility index (Phi) is 4.90. The zero-order valence-electron chi connectivity index (χ0n) is 10.4. The molecule has 0 saturated carbocycles. The first kappa shape index (κ1) is 14.4. The summed E-state index contributed by atoms with van der Waals surface area (Å²) >= 11 is 10.1. The number of aromatic nitrogens is 1. The average Bonchev–Trinajstić information content (AvgIpc) is 2.89. The summed E-state index contributed by atoms with van der Waals surface area (Å²) in [5.41, 5.74) is 7.51. The third-order valence-electron chi connectivity index (χ3n) is 2.73. The van der Waals surface area contributed by atoms with E-state index in [1.54, 1.807) is 11.3 Å². The van der Waals surface area contributed by atoms with Gasteiger partial charge in [-0.05, 0) is 40.5 Å². The molecule has 1 atom stereocenters. The van der Waals surface area contributed by atoms with Gasteiger partial charge in [-0.3, -0.25) is 0 Å². The minimum atomic E-state index is 0.225.